The maximum atomic E-state index is 5.77. The molecule has 0 amide bonds. The van der Waals surface area contributed by atoms with Crippen molar-refractivity contribution in [2.75, 3.05) is 18.5 Å². The number of nitrogens with one attached hydrogen (secondary N) is 1. The Morgan fingerprint density at radius 3 is 3.18 bits per heavy atom. The summed E-state index contributed by atoms with van der Waals surface area (Å²) in [5.74, 6) is 1.09. The summed E-state index contributed by atoms with van der Waals surface area (Å²) in [5, 5.41) is 2.94. The lowest BCUT2D eigenvalue weighted by Crippen LogP contribution is -2.27. The Bertz CT molecular complexity index is 360. The topological polar surface area (TPSA) is 72.5 Å². The molecule has 0 bridgehead atoms. The van der Waals surface area contributed by atoms with Crippen molar-refractivity contribution in [3.63, 3.8) is 0 Å². The van der Waals surface area contributed by atoms with Gasteiger partial charge in [-0.15, -0.1) is 0 Å². The quantitative estimate of drug-likeness (QED) is 0.612. The molecule has 1 unspecified atom stereocenters. The van der Waals surface area contributed by atoms with Crippen LogP contribution in [0.1, 0.15) is 19.3 Å². The first-order chi connectivity index (χ1) is 8.34. The fourth-order valence-corrected chi connectivity index (χ4v) is 1.76. The number of nitrogens with two attached hydrogens (primary N) is 1. The van der Waals surface area contributed by atoms with Crippen LogP contribution >= 0.6 is 0 Å². The molecule has 5 nitrogen and oxygen atoms in total. The number of pyridine rings is 1. The Morgan fingerprint density at radius 2 is 2.47 bits per heavy atom. The normalized spacial score (nSPS) is 21.2. The van der Waals surface area contributed by atoms with E-state index in [2.05, 4.69) is 15.3 Å². The summed E-state index contributed by atoms with van der Waals surface area (Å²) >= 11 is 0. The van der Waals surface area contributed by atoms with Crippen LogP contribution in [0.15, 0.2) is 29.4 Å². The minimum Gasteiger partial charge on any atom is -0.376 e. The van der Waals surface area contributed by atoms with E-state index in [1.54, 1.807) is 6.20 Å². The minimum absolute atomic E-state index is 0.216. The first-order valence-corrected chi connectivity index (χ1v) is 5.94. The predicted octanol–water partition coefficient (Wildman–Crippen LogP) is 1.38. The molecule has 0 radical (unpaired) electrons. The molecular weight excluding hydrogens is 216 g/mol. The lowest BCUT2D eigenvalue weighted by Gasteiger charge is -2.20. The molecule has 1 fully saturated rings. The highest BCUT2D eigenvalue weighted by Gasteiger charge is 2.12. The van der Waals surface area contributed by atoms with E-state index in [0.29, 0.717) is 18.3 Å². The average molecular weight is 234 g/mol. The van der Waals surface area contributed by atoms with Gasteiger partial charge < -0.3 is 15.8 Å². The third kappa shape index (κ3) is 4.03. The molecule has 17 heavy (non-hydrogen) atoms. The smallest absolute Gasteiger partial charge is 0.194 e. The van der Waals surface area contributed by atoms with Gasteiger partial charge in [0, 0.05) is 12.8 Å². The highest BCUT2D eigenvalue weighted by Crippen LogP contribution is 2.12. The van der Waals surface area contributed by atoms with Crippen molar-refractivity contribution in [3.05, 3.63) is 24.4 Å². The van der Waals surface area contributed by atoms with Gasteiger partial charge in [-0.1, -0.05) is 6.07 Å². The van der Waals surface area contributed by atoms with Crippen molar-refractivity contribution in [2.45, 2.75) is 25.4 Å². The second kappa shape index (κ2) is 6.20. The van der Waals surface area contributed by atoms with Crippen molar-refractivity contribution in [1.82, 2.24) is 4.98 Å². The number of guanidine groups is 1. The summed E-state index contributed by atoms with van der Waals surface area (Å²) in [6.45, 7) is 1.46. The van der Waals surface area contributed by atoms with E-state index >= 15 is 0 Å². The van der Waals surface area contributed by atoms with Crippen LogP contribution in [-0.4, -0.2) is 30.2 Å². The van der Waals surface area contributed by atoms with Gasteiger partial charge in [-0.3, -0.25) is 4.99 Å². The molecule has 1 aromatic rings. The number of rotatable bonds is 3. The summed E-state index contributed by atoms with van der Waals surface area (Å²) < 4.78 is 5.57. The summed E-state index contributed by atoms with van der Waals surface area (Å²) in [6, 6.07) is 5.60. The van der Waals surface area contributed by atoms with Gasteiger partial charge in [0.25, 0.3) is 0 Å². The van der Waals surface area contributed by atoms with Gasteiger partial charge in [-0.05, 0) is 31.4 Å². The first-order valence-electron chi connectivity index (χ1n) is 5.94. The van der Waals surface area contributed by atoms with Gasteiger partial charge in [0.15, 0.2) is 5.96 Å². The Morgan fingerprint density at radius 1 is 1.53 bits per heavy atom. The zero-order valence-electron chi connectivity index (χ0n) is 9.80. The lowest BCUT2D eigenvalue weighted by molar-refractivity contribution is 0.0225. The molecule has 0 aromatic carbocycles. The summed E-state index contributed by atoms with van der Waals surface area (Å²) in [6.07, 6.45) is 5.36. The largest absolute Gasteiger partial charge is 0.376 e. The van der Waals surface area contributed by atoms with Crippen molar-refractivity contribution in [1.29, 1.82) is 0 Å². The SMILES string of the molecule is NC(=NCC1CCCCO1)Nc1ccccn1. The van der Waals surface area contributed by atoms with Crippen LogP contribution in [-0.2, 0) is 4.74 Å². The maximum absolute atomic E-state index is 5.77. The maximum Gasteiger partial charge on any atom is 0.194 e. The van der Waals surface area contributed by atoms with Crippen LogP contribution in [0.2, 0.25) is 0 Å². The standard InChI is InChI=1S/C12H18N4O/c13-12(16-11-6-1-3-7-14-11)15-9-10-5-2-4-8-17-10/h1,3,6-7,10H,2,4-5,8-9H2,(H3,13,14,15,16). The van der Waals surface area contributed by atoms with Crippen LogP contribution in [0.4, 0.5) is 5.82 Å². The zero-order chi connectivity index (χ0) is 11.9. The van der Waals surface area contributed by atoms with Crippen molar-refractivity contribution in [2.24, 2.45) is 10.7 Å². The van der Waals surface area contributed by atoms with E-state index in [-0.39, 0.29) is 6.10 Å². The van der Waals surface area contributed by atoms with E-state index in [1.165, 1.54) is 6.42 Å². The van der Waals surface area contributed by atoms with Gasteiger partial charge in [-0.25, -0.2) is 4.98 Å². The molecule has 1 atom stereocenters. The molecule has 1 aliphatic heterocycles. The molecule has 1 aromatic heterocycles. The Kier molecular flexibility index (Phi) is 4.32. The summed E-state index contributed by atoms with van der Waals surface area (Å²) in [4.78, 5) is 8.37. The summed E-state index contributed by atoms with van der Waals surface area (Å²) in [5.41, 5.74) is 5.77. The van der Waals surface area contributed by atoms with Gasteiger partial charge in [0.2, 0.25) is 0 Å². The first kappa shape index (κ1) is 11.9. The fraction of sp³-hybridized carbons (Fsp3) is 0.500. The monoisotopic (exact) mass is 234 g/mol. The van der Waals surface area contributed by atoms with E-state index in [4.69, 9.17) is 10.5 Å². The number of ether oxygens (including phenoxy) is 1. The van der Waals surface area contributed by atoms with E-state index in [9.17, 15) is 0 Å². The van der Waals surface area contributed by atoms with Gasteiger partial charge in [0.1, 0.15) is 5.82 Å². The molecular formula is C12H18N4O. The molecule has 92 valence electrons. The number of nitrogens with zero attached hydrogens (tertiary/aromatic N) is 2. The van der Waals surface area contributed by atoms with E-state index < -0.39 is 0 Å². The van der Waals surface area contributed by atoms with Gasteiger partial charge in [-0.2, -0.15) is 0 Å². The molecule has 0 aliphatic carbocycles. The fourth-order valence-electron chi connectivity index (χ4n) is 1.76. The van der Waals surface area contributed by atoms with Crippen molar-refractivity contribution < 1.29 is 4.74 Å². The van der Waals surface area contributed by atoms with Crippen molar-refractivity contribution in [3.8, 4) is 0 Å². The van der Waals surface area contributed by atoms with Crippen molar-refractivity contribution >= 4 is 11.8 Å². The number of anilines is 1. The van der Waals surface area contributed by atoms with Crippen LogP contribution in [0.3, 0.4) is 0 Å². The second-order valence-electron chi connectivity index (χ2n) is 4.05. The predicted molar refractivity (Wildman–Crippen MR) is 67.9 cm³/mol. The number of aromatic nitrogens is 1. The van der Waals surface area contributed by atoms with E-state index in [0.717, 1.165) is 19.4 Å². The van der Waals surface area contributed by atoms with E-state index in [1.807, 2.05) is 18.2 Å². The second-order valence-corrected chi connectivity index (χ2v) is 4.05. The highest BCUT2D eigenvalue weighted by atomic mass is 16.5. The Labute approximate surface area is 101 Å². The van der Waals surface area contributed by atoms with Gasteiger partial charge >= 0.3 is 0 Å². The molecule has 0 spiro atoms. The average Bonchev–Trinajstić information content (AvgIpc) is 2.39. The Hall–Kier alpha value is -1.62. The third-order valence-corrected chi connectivity index (χ3v) is 2.66. The minimum atomic E-state index is 0.216. The molecule has 5 heteroatoms. The third-order valence-electron chi connectivity index (χ3n) is 2.66. The lowest BCUT2D eigenvalue weighted by atomic mass is 10.1. The number of aliphatic imine (C=N–C) groups is 1. The number of hydrogen-bond donors (Lipinski definition) is 2. The van der Waals surface area contributed by atoms with Crippen LogP contribution in [0, 0.1) is 0 Å². The van der Waals surface area contributed by atoms with Crippen LogP contribution < -0.4 is 11.1 Å². The van der Waals surface area contributed by atoms with Crippen LogP contribution in [0.5, 0.6) is 0 Å². The molecule has 0 saturated carbocycles. The molecule has 2 heterocycles. The Balaban J connectivity index is 1.80. The molecule has 3 N–H and O–H groups in total. The molecule has 1 saturated heterocycles. The number of hydrogen-bond acceptors (Lipinski definition) is 3. The highest BCUT2D eigenvalue weighted by molar-refractivity contribution is 5.91. The van der Waals surface area contributed by atoms with Gasteiger partial charge in [0.05, 0.1) is 12.6 Å². The van der Waals surface area contributed by atoms with Crippen LogP contribution in [0.25, 0.3) is 0 Å². The molecule has 2 rings (SSSR count). The molecule has 1 aliphatic rings. The summed E-state index contributed by atoms with van der Waals surface area (Å²) in [7, 11) is 0. The zero-order valence-corrected chi connectivity index (χ0v) is 9.80.